The van der Waals surface area contributed by atoms with E-state index >= 15 is 0 Å². The molecule has 0 saturated carbocycles. The first-order valence-electron chi connectivity index (χ1n) is 7.14. The van der Waals surface area contributed by atoms with Crippen molar-refractivity contribution in [3.8, 4) is 0 Å². The molecule has 0 bridgehead atoms. The molecule has 0 spiro atoms. The summed E-state index contributed by atoms with van der Waals surface area (Å²) in [6.45, 7) is 11.2. The van der Waals surface area contributed by atoms with Crippen LogP contribution in [0.15, 0.2) is 10.6 Å². The summed E-state index contributed by atoms with van der Waals surface area (Å²) in [4.78, 5) is 24.4. The molecule has 0 aliphatic rings. The Morgan fingerprint density at radius 3 is 2.38 bits per heavy atom. The molecule has 0 aliphatic heterocycles. The van der Waals surface area contributed by atoms with Crippen LogP contribution in [-0.4, -0.2) is 23.0 Å². The van der Waals surface area contributed by atoms with Crippen molar-refractivity contribution < 1.29 is 14.1 Å². The van der Waals surface area contributed by atoms with Gasteiger partial charge in [0, 0.05) is 11.5 Å². The molecule has 6 heteroatoms. The van der Waals surface area contributed by atoms with Crippen molar-refractivity contribution in [3.05, 3.63) is 11.8 Å². The Bertz CT molecular complexity index is 501. The number of rotatable bonds is 5. The lowest BCUT2D eigenvalue weighted by Gasteiger charge is -2.24. The summed E-state index contributed by atoms with van der Waals surface area (Å²) >= 11 is 0. The second-order valence-electron chi connectivity index (χ2n) is 6.72. The van der Waals surface area contributed by atoms with Crippen LogP contribution in [0.1, 0.15) is 46.8 Å². The lowest BCUT2D eigenvalue weighted by molar-refractivity contribution is -0.132. The molecule has 1 aromatic rings. The average molecular weight is 295 g/mol. The predicted molar refractivity (Wildman–Crippen MR) is 80.7 cm³/mol. The van der Waals surface area contributed by atoms with Crippen molar-refractivity contribution in [2.24, 2.45) is 11.3 Å². The molecule has 118 valence electrons. The summed E-state index contributed by atoms with van der Waals surface area (Å²) in [5.74, 6) is 0.815. The van der Waals surface area contributed by atoms with Crippen LogP contribution in [-0.2, 0) is 9.59 Å². The zero-order valence-corrected chi connectivity index (χ0v) is 13.6. The van der Waals surface area contributed by atoms with Gasteiger partial charge in [0.25, 0.3) is 0 Å². The molecule has 2 N–H and O–H groups in total. The molecule has 0 radical (unpaired) electrons. The van der Waals surface area contributed by atoms with Gasteiger partial charge in [0.2, 0.25) is 11.8 Å². The third-order valence-electron chi connectivity index (χ3n) is 2.89. The third kappa shape index (κ3) is 5.57. The van der Waals surface area contributed by atoms with Crippen LogP contribution in [0.5, 0.6) is 0 Å². The Hall–Kier alpha value is -1.85. The minimum Gasteiger partial charge on any atom is -0.360 e. The van der Waals surface area contributed by atoms with E-state index in [-0.39, 0.29) is 17.7 Å². The summed E-state index contributed by atoms with van der Waals surface area (Å²) < 4.78 is 4.91. The van der Waals surface area contributed by atoms with E-state index in [0.717, 1.165) is 0 Å². The van der Waals surface area contributed by atoms with Gasteiger partial charge in [-0.25, -0.2) is 0 Å². The lowest BCUT2D eigenvalue weighted by Crippen LogP contribution is -2.48. The summed E-state index contributed by atoms with van der Waals surface area (Å²) in [5.41, 5.74) is -0.542. The van der Waals surface area contributed by atoms with Crippen LogP contribution in [0.2, 0.25) is 0 Å². The zero-order valence-electron chi connectivity index (χ0n) is 13.6. The molecule has 0 aliphatic carbocycles. The molecule has 21 heavy (non-hydrogen) atoms. The van der Waals surface area contributed by atoms with Gasteiger partial charge in [0.05, 0.1) is 0 Å². The van der Waals surface area contributed by atoms with Gasteiger partial charge in [-0.05, 0) is 19.3 Å². The number of hydrogen-bond donors (Lipinski definition) is 2. The minimum atomic E-state index is -0.589. The first kappa shape index (κ1) is 17.2. The Morgan fingerprint density at radius 1 is 1.33 bits per heavy atom. The smallest absolute Gasteiger partial charge is 0.248 e. The fourth-order valence-corrected chi connectivity index (χ4v) is 1.72. The Kier molecular flexibility index (Phi) is 5.52. The third-order valence-corrected chi connectivity index (χ3v) is 2.89. The largest absolute Gasteiger partial charge is 0.360 e. The topological polar surface area (TPSA) is 84.2 Å². The van der Waals surface area contributed by atoms with E-state index < -0.39 is 11.5 Å². The highest BCUT2D eigenvalue weighted by Gasteiger charge is 2.28. The van der Waals surface area contributed by atoms with Gasteiger partial charge < -0.3 is 15.2 Å². The van der Waals surface area contributed by atoms with Crippen LogP contribution in [0, 0.1) is 18.3 Å². The Morgan fingerprint density at radius 2 is 1.95 bits per heavy atom. The van der Waals surface area contributed by atoms with Gasteiger partial charge in [-0.2, -0.15) is 0 Å². The number of aryl methyl sites for hydroxylation is 1. The number of aromatic nitrogens is 1. The van der Waals surface area contributed by atoms with Crippen molar-refractivity contribution in [1.82, 2.24) is 10.5 Å². The molecule has 1 rings (SSSR count). The molecule has 1 heterocycles. The van der Waals surface area contributed by atoms with E-state index in [1.807, 2.05) is 34.6 Å². The molecular weight excluding hydrogens is 270 g/mol. The van der Waals surface area contributed by atoms with Gasteiger partial charge in [-0.1, -0.05) is 39.8 Å². The first-order valence-corrected chi connectivity index (χ1v) is 7.14. The van der Waals surface area contributed by atoms with Crippen molar-refractivity contribution in [1.29, 1.82) is 0 Å². The molecule has 0 aromatic carbocycles. The summed E-state index contributed by atoms with van der Waals surface area (Å²) in [6.07, 6.45) is 0.560. The van der Waals surface area contributed by atoms with E-state index in [0.29, 0.717) is 18.0 Å². The summed E-state index contributed by atoms with van der Waals surface area (Å²) in [7, 11) is 0. The van der Waals surface area contributed by atoms with E-state index in [1.54, 1.807) is 13.0 Å². The van der Waals surface area contributed by atoms with E-state index in [9.17, 15) is 9.59 Å². The molecule has 1 atom stereocenters. The molecule has 0 saturated heterocycles. The van der Waals surface area contributed by atoms with Gasteiger partial charge in [-0.3, -0.25) is 9.59 Å². The monoisotopic (exact) mass is 295 g/mol. The van der Waals surface area contributed by atoms with Gasteiger partial charge in [-0.15, -0.1) is 0 Å². The van der Waals surface area contributed by atoms with Crippen LogP contribution in [0.4, 0.5) is 5.82 Å². The minimum absolute atomic E-state index is 0.153. The lowest BCUT2D eigenvalue weighted by atomic mass is 9.94. The van der Waals surface area contributed by atoms with Crippen LogP contribution in [0.3, 0.4) is 0 Å². The standard InChI is InChI=1S/C15H25N3O3/c1-9(2)7-11(16-14(20)15(4,5)6)13(19)17-12-8-10(3)21-18-12/h8-9,11H,7H2,1-6H3,(H,16,20)(H,17,18,19)/t11-/m1/s1. The quantitative estimate of drug-likeness (QED) is 0.874. The second-order valence-corrected chi connectivity index (χ2v) is 6.72. The van der Waals surface area contributed by atoms with Gasteiger partial charge in [0.1, 0.15) is 11.8 Å². The fourth-order valence-electron chi connectivity index (χ4n) is 1.72. The SMILES string of the molecule is Cc1cc(NC(=O)[C@@H](CC(C)C)NC(=O)C(C)(C)C)no1. The second kappa shape index (κ2) is 6.74. The number of anilines is 1. The highest BCUT2D eigenvalue weighted by atomic mass is 16.5. The maximum absolute atomic E-state index is 12.3. The maximum atomic E-state index is 12.3. The maximum Gasteiger partial charge on any atom is 0.248 e. The summed E-state index contributed by atoms with van der Waals surface area (Å²) in [5, 5.41) is 9.20. The van der Waals surface area contributed by atoms with Crippen molar-refractivity contribution in [2.75, 3.05) is 5.32 Å². The highest BCUT2D eigenvalue weighted by molar-refractivity contribution is 5.97. The van der Waals surface area contributed by atoms with E-state index in [4.69, 9.17) is 4.52 Å². The highest BCUT2D eigenvalue weighted by Crippen LogP contribution is 2.16. The number of carbonyl (C=O) groups is 2. The number of hydrogen-bond acceptors (Lipinski definition) is 4. The Balaban J connectivity index is 2.76. The number of nitrogens with one attached hydrogen (secondary N) is 2. The van der Waals surface area contributed by atoms with Crippen LogP contribution < -0.4 is 10.6 Å². The fraction of sp³-hybridized carbons (Fsp3) is 0.667. The molecule has 0 fully saturated rings. The normalized spacial score (nSPS) is 13.1. The van der Waals surface area contributed by atoms with Crippen molar-refractivity contribution >= 4 is 17.6 Å². The molecular formula is C15H25N3O3. The van der Waals surface area contributed by atoms with Crippen LogP contribution in [0.25, 0.3) is 0 Å². The predicted octanol–water partition coefficient (Wildman–Crippen LogP) is 2.50. The summed E-state index contributed by atoms with van der Waals surface area (Å²) in [6, 6.07) is 1.05. The van der Waals surface area contributed by atoms with E-state index in [2.05, 4.69) is 15.8 Å². The first-order chi connectivity index (χ1) is 9.59. The average Bonchev–Trinajstić information content (AvgIpc) is 2.71. The van der Waals surface area contributed by atoms with Crippen LogP contribution >= 0.6 is 0 Å². The molecule has 6 nitrogen and oxygen atoms in total. The Labute approximate surface area is 125 Å². The molecule has 2 amide bonds. The van der Waals surface area contributed by atoms with Crippen molar-refractivity contribution in [2.45, 2.75) is 54.0 Å². The van der Waals surface area contributed by atoms with Gasteiger partial charge in [0.15, 0.2) is 5.82 Å². The van der Waals surface area contributed by atoms with Gasteiger partial charge >= 0.3 is 0 Å². The molecule has 1 aromatic heterocycles. The zero-order chi connectivity index (χ0) is 16.2. The molecule has 0 unspecified atom stereocenters. The van der Waals surface area contributed by atoms with Crippen molar-refractivity contribution in [3.63, 3.8) is 0 Å². The number of amides is 2. The van der Waals surface area contributed by atoms with E-state index in [1.165, 1.54) is 0 Å². The number of nitrogens with zero attached hydrogens (tertiary/aromatic N) is 1. The number of carbonyl (C=O) groups excluding carboxylic acids is 2.